The average Bonchev–Trinajstić information content (AvgIpc) is 2.56. The lowest BCUT2D eigenvalue weighted by Crippen LogP contribution is -2.52. The lowest BCUT2D eigenvalue weighted by molar-refractivity contribution is -0.384. The van der Waals surface area contributed by atoms with E-state index < -0.39 is 15.1 Å². The molecule has 1 heterocycles. The maximum Gasteiger partial charge on any atom is 0.282 e. The largest absolute Gasteiger partial charge is 0.296 e. The standard InChI is InChI=1S/C15H24N4O4S/c1-3-17(4-2)24(22,23)18-11-9-16(10-12-18)13-14-5-7-15(8-6-14)19(20)21/h5-8H,3-4,9-13H2,1-2H3. The Bertz CT molecular complexity index is 651. The van der Waals surface area contributed by atoms with Crippen LogP contribution in [0.25, 0.3) is 0 Å². The maximum atomic E-state index is 12.5. The monoisotopic (exact) mass is 356 g/mol. The van der Waals surface area contributed by atoms with Crippen LogP contribution in [0.4, 0.5) is 5.69 Å². The van der Waals surface area contributed by atoms with E-state index in [4.69, 9.17) is 0 Å². The number of nitro groups is 1. The van der Waals surface area contributed by atoms with Crippen molar-refractivity contribution in [3.63, 3.8) is 0 Å². The predicted octanol–water partition coefficient (Wildman–Crippen LogP) is 1.30. The van der Waals surface area contributed by atoms with Crippen molar-refractivity contribution in [3.05, 3.63) is 39.9 Å². The molecule has 0 aromatic heterocycles. The lowest BCUT2D eigenvalue weighted by Gasteiger charge is -2.36. The van der Waals surface area contributed by atoms with Crippen molar-refractivity contribution in [2.24, 2.45) is 0 Å². The van der Waals surface area contributed by atoms with Crippen LogP contribution in [0.3, 0.4) is 0 Å². The van der Waals surface area contributed by atoms with Crippen LogP contribution in [0.5, 0.6) is 0 Å². The fraction of sp³-hybridized carbons (Fsp3) is 0.600. The maximum absolute atomic E-state index is 12.5. The van der Waals surface area contributed by atoms with Crippen LogP contribution >= 0.6 is 0 Å². The van der Waals surface area contributed by atoms with Gasteiger partial charge in [-0.25, -0.2) is 0 Å². The van der Waals surface area contributed by atoms with Gasteiger partial charge >= 0.3 is 0 Å². The number of nitro benzene ring substituents is 1. The predicted molar refractivity (Wildman–Crippen MR) is 91.8 cm³/mol. The molecule has 0 amide bonds. The van der Waals surface area contributed by atoms with Crippen LogP contribution in [-0.2, 0) is 16.8 Å². The fourth-order valence-corrected chi connectivity index (χ4v) is 4.42. The molecule has 0 bridgehead atoms. The fourth-order valence-electron chi connectivity index (χ4n) is 2.81. The third kappa shape index (κ3) is 4.29. The Morgan fingerprint density at radius 3 is 2.08 bits per heavy atom. The number of non-ortho nitro benzene ring substituents is 1. The van der Waals surface area contributed by atoms with E-state index in [1.54, 1.807) is 12.1 Å². The molecule has 0 N–H and O–H groups in total. The van der Waals surface area contributed by atoms with Gasteiger partial charge in [-0.15, -0.1) is 0 Å². The molecule has 1 saturated heterocycles. The molecule has 1 aliphatic rings. The van der Waals surface area contributed by atoms with Crippen LogP contribution < -0.4 is 0 Å². The van der Waals surface area contributed by atoms with Crippen molar-refractivity contribution in [1.82, 2.24) is 13.5 Å². The second-order valence-electron chi connectivity index (χ2n) is 5.69. The molecule has 0 radical (unpaired) electrons. The van der Waals surface area contributed by atoms with Gasteiger partial charge in [0.25, 0.3) is 15.9 Å². The van der Waals surface area contributed by atoms with E-state index in [0.29, 0.717) is 45.8 Å². The van der Waals surface area contributed by atoms with Gasteiger partial charge in [0.2, 0.25) is 0 Å². The van der Waals surface area contributed by atoms with Gasteiger partial charge in [0, 0.05) is 57.9 Å². The van der Waals surface area contributed by atoms with Gasteiger partial charge in [-0.1, -0.05) is 26.0 Å². The molecule has 1 aliphatic heterocycles. The van der Waals surface area contributed by atoms with Gasteiger partial charge in [-0.05, 0) is 5.56 Å². The smallest absolute Gasteiger partial charge is 0.282 e. The first-order valence-electron chi connectivity index (χ1n) is 8.09. The Morgan fingerprint density at radius 2 is 1.62 bits per heavy atom. The zero-order chi connectivity index (χ0) is 17.7. The first-order valence-corrected chi connectivity index (χ1v) is 9.49. The zero-order valence-electron chi connectivity index (χ0n) is 14.1. The van der Waals surface area contributed by atoms with Crippen LogP contribution in [0.15, 0.2) is 24.3 Å². The number of rotatable bonds is 7. The molecule has 0 atom stereocenters. The third-order valence-electron chi connectivity index (χ3n) is 4.24. The van der Waals surface area contributed by atoms with Crippen molar-refractivity contribution >= 4 is 15.9 Å². The highest BCUT2D eigenvalue weighted by molar-refractivity contribution is 7.86. The van der Waals surface area contributed by atoms with Crippen molar-refractivity contribution in [3.8, 4) is 0 Å². The molecule has 2 rings (SSSR count). The molecule has 1 aromatic rings. The van der Waals surface area contributed by atoms with Gasteiger partial charge in [-0.3, -0.25) is 15.0 Å². The summed E-state index contributed by atoms with van der Waals surface area (Å²) in [6.07, 6.45) is 0. The third-order valence-corrected chi connectivity index (χ3v) is 6.43. The number of benzene rings is 1. The van der Waals surface area contributed by atoms with Crippen molar-refractivity contribution in [2.45, 2.75) is 20.4 Å². The van der Waals surface area contributed by atoms with Gasteiger partial charge in [0.1, 0.15) is 0 Å². The Kier molecular flexibility index (Phi) is 6.27. The number of nitrogens with zero attached hydrogens (tertiary/aromatic N) is 4. The van der Waals surface area contributed by atoms with Crippen LogP contribution in [0.2, 0.25) is 0 Å². The van der Waals surface area contributed by atoms with Gasteiger partial charge < -0.3 is 0 Å². The minimum atomic E-state index is -3.37. The summed E-state index contributed by atoms with van der Waals surface area (Å²) >= 11 is 0. The molecule has 1 aromatic carbocycles. The van der Waals surface area contributed by atoms with Gasteiger partial charge in [0.05, 0.1) is 4.92 Å². The summed E-state index contributed by atoms with van der Waals surface area (Å²) in [5.41, 5.74) is 1.06. The Balaban J connectivity index is 1.92. The van der Waals surface area contributed by atoms with E-state index in [2.05, 4.69) is 4.90 Å². The quantitative estimate of drug-likeness (QED) is 0.543. The Hall–Kier alpha value is -1.55. The van der Waals surface area contributed by atoms with Crippen LogP contribution in [0.1, 0.15) is 19.4 Å². The second-order valence-corrected chi connectivity index (χ2v) is 7.62. The first-order chi connectivity index (χ1) is 11.4. The first kappa shape index (κ1) is 18.8. The molecule has 8 nitrogen and oxygen atoms in total. The van der Waals surface area contributed by atoms with E-state index in [1.807, 2.05) is 13.8 Å². The highest BCUT2D eigenvalue weighted by atomic mass is 32.2. The second kappa shape index (κ2) is 8.02. The molecule has 0 unspecified atom stereocenters. The van der Waals surface area contributed by atoms with E-state index in [1.165, 1.54) is 20.7 Å². The molecule has 1 fully saturated rings. The molecule has 0 aliphatic carbocycles. The van der Waals surface area contributed by atoms with Crippen molar-refractivity contribution < 1.29 is 13.3 Å². The molecule has 134 valence electrons. The number of hydrogen-bond acceptors (Lipinski definition) is 5. The van der Waals surface area contributed by atoms with E-state index in [9.17, 15) is 18.5 Å². The Morgan fingerprint density at radius 1 is 1.08 bits per heavy atom. The summed E-state index contributed by atoms with van der Waals surface area (Å²) in [7, 11) is -3.37. The Labute approximate surface area is 143 Å². The van der Waals surface area contributed by atoms with Gasteiger partial charge in [0.15, 0.2) is 0 Å². The minimum absolute atomic E-state index is 0.0777. The SMILES string of the molecule is CCN(CC)S(=O)(=O)N1CCN(Cc2ccc([N+](=O)[O-])cc2)CC1. The summed E-state index contributed by atoms with van der Waals surface area (Å²) in [5.74, 6) is 0. The minimum Gasteiger partial charge on any atom is -0.296 e. The van der Waals surface area contributed by atoms with E-state index in [0.717, 1.165) is 5.56 Å². The number of piperazine rings is 1. The lowest BCUT2D eigenvalue weighted by atomic mass is 10.2. The molecule has 24 heavy (non-hydrogen) atoms. The normalized spacial score (nSPS) is 17.3. The summed E-state index contributed by atoms with van der Waals surface area (Å²) in [4.78, 5) is 12.4. The summed E-state index contributed by atoms with van der Waals surface area (Å²) in [6, 6.07) is 6.49. The molecule has 0 spiro atoms. The van der Waals surface area contributed by atoms with E-state index in [-0.39, 0.29) is 5.69 Å². The molecular weight excluding hydrogens is 332 g/mol. The highest BCUT2D eigenvalue weighted by Crippen LogP contribution is 2.16. The van der Waals surface area contributed by atoms with E-state index >= 15 is 0 Å². The zero-order valence-corrected chi connectivity index (χ0v) is 14.9. The van der Waals surface area contributed by atoms with Crippen LogP contribution in [0, 0.1) is 10.1 Å². The highest BCUT2D eigenvalue weighted by Gasteiger charge is 2.30. The summed E-state index contributed by atoms with van der Waals surface area (Å²) in [5, 5.41) is 10.7. The topological polar surface area (TPSA) is 87.0 Å². The molecular formula is C15H24N4O4S. The van der Waals surface area contributed by atoms with Crippen LogP contribution in [-0.4, -0.2) is 66.1 Å². The van der Waals surface area contributed by atoms with Gasteiger partial charge in [-0.2, -0.15) is 17.0 Å². The number of hydrogen-bond donors (Lipinski definition) is 0. The summed E-state index contributed by atoms with van der Waals surface area (Å²) < 4.78 is 28.0. The van der Waals surface area contributed by atoms with Crippen molar-refractivity contribution in [1.29, 1.82) is 0 Å². The molecule has 9 heteroatoms. The van der Waals surface area contributed by atoms with Crippen molar-refractivity contribution in [2.75, 3.05) is 39.3 Å². The molecule has 0 saturated carbocycles. The summed E-state index contributed by atoms with van der Waals surface area (Å²) in [6.45, 7) is 7.52. The average molecular weight is 356 g/mol.